The van der Waals surface area contributed by atoms with Gasteiger partial charge in [0, 0.05) is 17.5 Å². The molecule has 1 aromatic carbocycles. The quantitative estimate of drug-likeness (QED) is 0.532. The van der Waals surface area contributed by atoms with Gasteiger partial charge in [-0.05, 0) is 13.0 Å². The minimum absolute atomic E-state index is 0.0851. The van der Waals surface area contributed by atoms with Crippen LogP contribution in [0.3, 0.4) is 0 Å². The van der Waals surface area contributed by atoms with Crippen LogP contribution in [0, 0.1) is 0 Å². The largest absolute Gasteiger partial charge is 0.496 e. The Labute approximate surface area is 154 Å². The lowest BCUT2D eigenvalue weighted by Crippen LogP contribution is -2.24. The maximum Gasteiger partial charge on any atom is 0.311 e. The number of nitrogens with one attached hydrogen (secondary N) is 1. The van der Waals surface area contributed by atoms with Crippen molar-refractivity contribution < 1.29 is 19.1 Å². The number of rotatable bonds is 9. The number of methoxy groups -OCH3 is 1. The summed E-state index contributed by atoms with van der Waals surface area (Å²) in [4.78, 5) is 27.7. The molecule has 0 aliphatic rings. The number of para-hydroxylation sites is 1. The fourth-order valence-electron chi connectivity index (χ4n) is 2.02. The smallest absolute Gasteiger partial charge is 0.311 e. The summed E-state index contributed by atoms with van der Waals surface area (Å²) in [6.07, 6.45) is 0.158. The molecule has 0 radical (unpaired) electrons. The topological polar surface area (TPSA) is 77.5 Å². The highest BCUT2D eigenvalue weighted by Gasteiger charge is 2.11. The number of hydrogen-bond acceptors (Lipinski definition) is 7. The predicted molar refractivity (Wildman–Crippen MR) is 98.0 cm³/mol. The van der Waals surface area contributed by atoms with E-state index in [4.69, 9.17) is 9.47 Å². The van der Waals surface area contributed by atoms with E-state index >= 15 is 0 Å². The molecule has 0 aliphatic heterocycles. The molecule has 8 heteroatoms. The van der Waals surface area contributed by atoms with E-state index in [2.05, 4.69) is 10.3 Å². The van der Waals surface area contributed by atoms with E-state index in [1.54, 1.807) is 14.0 Å². The van der Waals surface area contributed by atoms with Gasteiger partial charge in [0.15, 0.2) is 4.34 Å². The van der Waals surface area contributed by atoms with E-state index in [-0.39, 0.29) is 24.1 Å². The first-order valence-corrected chi connectivity index (χ1v) is 9.60. The molecule has 0 aliphatic carbocycles. The second kappa shape index (κ2) is 10.0. The Balaban J connectivity index is 1.76. The van der Waals surface area contributed by atoms with Crippen molar-refractivity contribution in [1.29, 1.82) is 0 Å². The van der Waals surface area contributed by atoms with Gasteiger partial charge in [-0.25, -0.2) is 4.98 Å². The van der Waals surface area contributed by atoms with Crippen LogP contribution in [0.25, 0.3) is 0 Å². The zero-order valence-electron chi connectivity index (χ0n) is 14.1. The molecular weight excluding hydrogens is 360 g/mol. The van der Waals surface area contributed by atoms with Crippen LogP contribution in [0.15, 0.2) is 34.0 Å². The molecule has 0 bridgehead atoms. The molecule has 2 aromatic rings. The molecule has 134 valence electrons. The Kier molecular flexibility index (Phi) is 7.75. The Bertz CT molecular complexity index is 718. The minimum Gasteiger partial charge on any atom is -0.496 e. The van der Waals surface area contributed by atoms with Gasteiger partial charge in [0.1, 0.15) is 5.75 Å². The molecule has 1 N–H and O–H groups in total. The normalized spacial score (nSPS) is 10.3. The third kappa shape index (κ3) is 6.39. The lowest BCUT2D eigenvalue weighted by Gasteiger charge is -2.09. The minimum atomic E-state index is -0.293. The van der Waals surface area contributed by atoms with E-state index in [0.717, 1.165) is 15.7 Å². The van der Waals surface area contributed by atoms with Gasteiger partial charge in [-0.15, -0.1) is 11.3 Å². The van der Waals surface area contributed by atoms with Gasteiger partial charge in [0.25, 0.3) is 0 Å². The van der Waals surface area contributed by atoms with Crippen molar-refractivity contribution in [3.63, 3.8) is 0 Å². The van der Waals surface area contributed by atoms with Crippen LogP contribution < -0.4 is 10.1 Å². The Morgan fingerprint density at radius 3 is 2.88 bits per heavy atom. The van der Waals surface area contributed by atoms with Crippen LogP contribution in [0.4, 0.5) is 0 Å². The van der Waals surface area contributed by atoms with Crippen molar-refractivity contribution in [2.45, 2.75) is 24.2 Å². The number of esters is 1. The van der Waals surface area contributed by atoms with Crippen molar-refractivity contribution in [2.75, 3.05) is 19.5 Å². The van der Waals surface area contributed by atoms with E-state index in [9.17, 15) is 9.59 Å². The number of aromatic nitrogens is 1. The van der Waals surface area contributed by atoms with Crippen LogP contribution in [-0.2, 0) is 27.3 Å². The van der Waals surface area contributed by atoms with Crippen LogP contribution in [-0.4, -0.2) is 36.3 Å². The van der Waals surface area contributed by atoms with E-state index in [0.29, 0.717) is 18.8 Å². The number of hydrogen-bond donors (Lipinski definition) is 1. The lowest BCUT2D eigenvalue weighted by atomic mass is 10.2. The van der Waals surface area contributed by atoms with E-state index in [1.807, 2.05) is 29.6 Å². The Morgan fingerprint density at radius 2 is 2.12 bits per heavy atom. The van der Waals surface area contributed by atoms with Crippen molar-refractivity contribution >= 4 is 35.0 Å². The second-order valence-corrected chi connectivity index (χ2v) is 7.04. The highest BCUT2D eigenvalue weighted by atomic mass is 32.2. The predicted octanol–water partition coefficient (Wildman–Crippen LogP) is 2.67. The molecule has 1 amide bonds. The molecule has 2 rings (SSSR count). The van der Waals surface area contributed by atoms with Crippen molar-refractivity contribution in [1.82, 2.24) is 10.3 Å². The van der Waals surface area contributed by atoms with E-state index < -0.39 is 0 Å². The molecule has 1 heterocycles. The highest BCUT2D eigenvalue weighted by molar-refractivity contribution is 8.01. The van der Waals surface area contributed by atoms with Gasteiger partial charge in [-0.2, -0.15) is 0 Å². The van der Waals surface area contributed by atoms with Gasteiger partial charge in [0.05, 0.1) is 31.6 Å². The lowest BCUT2D eigenvalue weighted by molar-refractivity contribution is -0.142. The van der Waals surface area contributed by atoms with Gasteiger partial charge in [-0.1, -0.05) is 30.0 Å². The number of benzene rings is 1. The molecule has 0 saturated carbocycles. The first-order chi connectivity index (χ1) is 12.1. The molecule has 0 spiro atoms. The van der Waals surface area contributed by atoms with Crippen molar-refractivity contribution in [3.05, 3.63) is 40.9 Å². The maximum atomic E-state index is 12.0. The maximum absolute atomic E-state index is 12.0. The fraction of sp³-hybridized carbons (Fsp3) is 0.353. The summed E-state index contributed by atoms with van der Waals surface area (Å²) in [6, 6.07) is 7.56. The first kappa shape index (κ1) is 19.3. The van der Waals surface area contributed by atoms with Gasteiger partial charge in [0.2, 0.25) is 5.91 Å². The molecule has 25 heavy (non-hydrogen) atoms. The summed E-state index contributed by atoms with van der Waals surface area (Å²) in [5.41, 5.74) is 1.59. The Morgan fingerprint density at radius 1 is 1.32 bits per heavy atom. The average molecular weight is 380 g/mol. The number of thiazole rings is 1. The monoisotopic (exact) mass is 380 g/mol. The molecule has 0 unspecified atom stereocenters. The average Bonchev–Trinajstić information content (AvgIpc) is 3.05. The summed E-state index contributed by atoms with van der Waals surface area (Å²) >= 11 is 2.76. The van der Waals surface area contributed by atoms with Crippen LogP contribution in [0.2, 0.25) is 0 Å². The SMILES string of the molecule is CCOC(=O)Cc1csc(SCC(=O)NCc2ccccc2OC)n1. The van der Waals surface area contributed by atoms with E-state index in [1.165, 1.54) is 23.1 Å². The van der Waals surface area contributed by atoms with Crippen molar-refractivity contribution in [3.8, 4) is 5.75 Å². The number of ether oxygens (including phenoxy) is 2. The fourth-order valence-corrected chi connectivity index (χ4v) is 3.69. The number of nitrogens with zero attached hydrogens (tertiary/aromatic N) is 1. The van der Waals surface area contributed by atoms with Crippen LogP contribution >= 0.6 is 23.1 Å². The third-order valence-electron chi connectivity index (χ3n) is 3.16. The third-order valence-corrected chi connectivity index (χ3v) is 5.23. The van der Waals surface area contributed by atoms with Gasteiger partial charge < -0.3 is 14.8 Å². The van der Waals surface area contributed by atoms with Gasteiger partial charge in [-0.3, -0.25) is 9.59 Å². The number of amides is 1. The van der Waals surface area contributed by atoms with Crippen LogP contribution in [0.1, 0.15) is 18.2 Å². The molecular formula is C17H20N2O4S2. The number of thioether (sulfide) groups is 1. The number of carbonyl (C=O) groups is 2. The summed E-state index contributed by atoms with van der Waals surface area (Å²) in [5.74, 6) is 0.637. The van der Waals surface area contributed by atoms with Gasteiger partial charge >= 0.3 is 5.97 Å². The Hall–Kier alpha value is -2.06. The molecule has 0 fully saturated rings. The zero-order chi connectivity index (χ0) is 18.1. The summed E-state index contributed by atoms with van der Waals surface area (Å²) in [7, 11) is 1.60. The van der Waals surface area contributed by atoms with Crippen molar-refractivity contribution in [2.24, 2.45) is 0 Å². The number of carbonyl (C=O) groups excluding carboxylic acids is 2. The first-order valence-electron chi connectivity index (χ1n) is 7.73. The summed E-state index contributed by atoms with van der Waals surface area (Å²) in [5, 5.41) is 4.67. The summed E-state index contributed by atoms with van der Waals surface area (Å²) in [6.45, 7) is 2.54. The standard InChI is InChI=1S/C17H20N2O4S2/c1-3-23-16(21)8-13-10-24-17(19-13)25-11-15(20)18-9-12-6-4-5-7-14(12)22-2/h4-7,10H,3,8-9,11H2,1-2H3,(H,18,20). The molecule has 0 atom stereocenters. The highest BCUT2D eigenvalue weighted by Crippen LogP contribution is 2.23. The van der Waals surface area contributed by atoms with Crippen LogP contribution in [0.5, 0.6) is 5.75 Å². The molecule has 1 aromatic heterocycles. The summed E-state index contributed by atoms with van der Waals surface area (Å²) < 4.78 is 10.9. The zero-order valence-corrected chi connectivity index (χ0v) is 15.7. The second-order valence-electron chi connectivity index (χ2n) is 4.96. The molecule has 0 saturated heterocycles. The molecule has 6 nitrogen and oxygen atoms in total.